The Hall–Kier alpha value is -2.18. The van der Waals surface area contributed by atoms with Gasteiger partial charge >= 0.3 is 0 Å². The lowest BCUT2D eigenvalue weighted by atomic mass is 10.1. The Bertz CT molecular complexity index is 700. The summed E-state index contributed by atoms with van der Waals surface area (Å²) in [4.78, 5) is 16.6. The Balaban J connectivity index is 1.53. The van der Waals surface area contributed by atoms with Gasteiger partial charge in [0.25, 0.3) is 5.91 Å². The van der Waals surface area contributed by atoms with Gasteiger partial charge in [-0.1, -0.05) is 18.2 Å². The highest BCUT2D eigenvalue weighted by Gasteiger charge is 2.43. The van der Waals surface area contributed by atoms with Crippen LogP contribution < -0.4 is 4.90 Å². The van der Waals surface area contributed by atoms with E-state index in [0.29, 0.717) is 0 Å². The zero-order valence-corrected chi connectivity index (χ0v) is 13.1. The summed E-state index contributed by atoms with van der Waals surface area (Å²) in [7, 11) is 1.92. The van der Waals surface area contributed by atoms with E-state index in [-0.39, 0.29) is 24.7 Å². The molecule has 2 atom stereocenters. The molecule has 2 aliphatic heterocycles. The van der Waals surface area contributed by atoms with Crippen molar-refractivity contribution in [3.05, 3.63) is 48.3 Å². The van der Waals surface area contributed by atoms with Crippen LogP contribution in [0.1, 0.15) is 5.56 Å². The number of aromatic nitrogens is 2. The molecule has 3 heterocycles. The first-order chi connectivity index (χ1) is 11.2. The predicted molar refractivity (Wildman–Crippen MR) is 85.9 cm³/mol. The van der Waals surface area contributed by atoms with E-state index in [1.165, 1.54) is 5.56 Å². The number of morpholine rings is 1. The first kappa shape index (κ1) is 14.4. The summed E-state index contributed by atoms with van der Waals surface area (Å²) in [6.07, 6.45) is 4.00. The molecule has 2 aliphatic rings. The quantitative estimate of drug-likeness (QED) is 0.850. The summed E-state index contributed by atoms with van der Waals surface area (Å²) in [5.41, 5.74) is 2.14. The van der Waals surface area contributed by atoms with E-state index < -0.39 is 0 Å². The van der Waals surface area contributed by atoms with Crippen LogP contribution in [0.2, 0.25) is 0 Å². The number of carbonyl (C=O) groups excluding carboxylic acids is 1. The number of nitrogens with zero attached hydrogens (tertiary/aromatic N) is 4. The Morgan fingerprint density at radius 2 is 2.09 bits per heavy atom. The van der Waals surface area contributed by atoms with E-state index in [4.69, 9.17) is 4.74 Å². The summed E-state index contributed by atoms with van der Waals surface area (Å²) >= 11 is 0. The van der Waals surface area contributed by atoms with Crippen molar-refractivity contribution in [1.29, 1.82) is 0 Å². The fourth-order valence-corrected chi connectivity index (χ4v) is 3.54. The number of anilines is 1. The molecule has 0 spiro atoms. The van der Waals surface area contributed by atoms with Gasteiger partial charge in [0.1, 0.15) is 6.61 Å². The minimum atomic E-state index is 0.0423. The zero-order chi connectivity index (χ0) is 15.8. The summed E-state index contributed by atoms with van der Waals surface area (Å²) < 4.78 is 7.60. The molecule has 120 valence electrons. The number of aryl methyl sites for hydroxylation is 1. The highest BCUT2D eigenvalue weighted by Crippen LogP contribution is 2.29. The topological polar surface area (TPSA) is 50.6 Å². The Morgan fingerprint density at radius 1 is 1.26 bits per heavy atom. The van der Waals surface area contributed by atoms with Gasteiger partial charge in [0.2, 0.25) is 0 Å². The van der Waals surface area contributed by atoms with Crippen molar-refractivity contribution in [2.75, 3.05) is 24.6 Å². The molecule has 0 bridgehead atoms. The number of benzene rings is 1. The normalized spacial score (nSPS) is 24.9. The number of carbonyl (C=O) groups is 1. The van der Waals surface area contributed by atoms with Gasteiger partial charge in [-0.3, -0.25) is 14.4 Å². The number of hydrogen-bond donors (Lipinski definition) is 0. The van der Waals surface area contributed by atoms with Crippen LogP contribution in [0.25, 0.3) is 0 Å². The number of likely N-dealkylation sites (tertiary alicyclic amines) is 1. The molecule has 23 heavy (non-hydrogen) atoms. The van der Waals surface area contributed by atoms with Crippen LogP contribution in [0.15, 0.2) is 42.7 Å². The molecule has 0 N–H and O–H groups in total. The molecule has 1 aromatic carbocycles. The predicted octanol–water partition coefficient (Wildman–Crippen LogP) is 1.04. The molecule has 4 rings (SSSR count). The van der Waals surface area contributed by atoms with Crippen LogP contribution in [0.5, 0.6) is 0 Å². The van der Waals surface area contributed by atoms with Gasteiger partial charge in [-0.15, -0.1) is 0 Å². The fraction of sp³-hybridized carbons (Fsp3) is 0.412. The number of para-hydroxylation sites is 1. The van der Waals surface area contributed by atoms with Gasteiger partial charge in [-0.25, -0.2) is 0 Å². The molecule has 1 aromatic heterocycles. The number of amides is 1. The highest BCUT2D eigenvalue weighted by molar-refractivity contribution is 5.95. The molecule has 6 heteroatoms. The fourth-order valence-electron chi connectivity index (χ4n) is 3.54. The number of ether oxygens (including phenoxy) is 1. The lowest BCUT2D eigenvalue weighted by Crippen LogP contribution is -2.54. The molecule has 1 amide bonds. The van der Waals surface area contributed by atoms with E-state index in [2.05, 4.69) is 10.00 Å². The van der Waals surface area contributed by atoms with E-state index in [1.807, 2.05) is 59.4 Å². The van der Waals surface area contributed by atoms with Crippen LogP contribution in [0.4, 0.5) is 5.69 Å². The van der Waals surface area contributed by atoms with E-state index in [9.17, 15) is 4.79 Å². The summed E-state index contributed by atoms with van der Waals surface area (Å²) in [6, 6.07) is 9.96. The average Bonchev–Trinajstić information content (AvgIpc) is 3.14. The SMILES string of the molecule is Cn1cc(CN2C[C@@H]3OCC(=O)N(c4ccccc4)[C@H]3C2)cn1. The molecule has 2 fully saturated rings. The summed E-state index contributed by atoms with van der Waals surface area (Å²) in [5.74, 6) is 0.0423. The maximum atomic E-state index is 12.4. The van der Waals surface area contributed by atoms with Crippen LogP contribution in [0, 0.1) is 0 Å². The molecule has 2 aromatic rings. The van der Waals surface area contributed by atoms with Gasteiger partial charge in [0.05, 0.1) is 18.3 Å². The lowest BCUT2D eigenvalue weighted by molar-refractivity contribution is -0.130. The standard InChI is InChI=1S/C17H20N4O2/c1-19-8-13(7-18-19)9-20-10-15-16(11-20)23-12-17(22)21(15)14-5-3-2-4-6-14/h2-8,15-16H,9-12H2,1H3/t15-,16-/m0/s1. The lowest BCUT2D eigenvalue weighted by Gasteiger charge is -2.36. The second-order valence-corrected chi connectivity index (χ2v) is 6.23. The third kappa shape index (κ3) is 2.75. The number of hydrogen-bond acceptors (Lipinski definition) is 4. The van der Waals surface area contributed by atoms with Crippen molar-refractivity contribution >= 4 is 11.6 Å². The van der Waals surface area contributed by atoms with Crippen molar-refractivity contribution in [1.82, 2.24) is 14.7 Å². The molecule has 6 nitrogen and oxygen atoms in total. The molecule has 0 radical (unpaired) electrons. The van der Waals surface area contributed by atoms with Crippen LogP contribution in [-0.4, -0.2) is 52.4 Å². The Kier molecular flexibility index (Phi) is 3.63. The van der Waals surface area contributed by atoms with E-state index in [1.54, 1.807) is 0 Å². The minimum Gasteiger partial charge on any atom is -0.365 e. The van der Waals surface area contributed by atoms with Crippen molar-refractivity contribution in [2.24, 2.45) is 7.05 Å². The first-order valence-electron chi connectivity index (χ1n) is 7.89. The second-order valence-electron chi connectivity index (χ2n) is 6.23. The molecular weight excluding hydrogens is 292 g/mol. The third-order valence-electron chi connectivity index (χ3n) is 4.53. The Labute approximate surface area is 135 Å². The highest BCUT2D eigenvalue weighted by atomic mass is 16.5. The van der Waals surface area contributed by atoms with Crippen molar-refractivity contribution in [3.8, 4) is 0 Å². The van der Waals surface area contributed by atoms with Gasteiger partial charge in [-0.2, -0.15) is 5.10 Å². The van der Waals surface area contributed by atoms with E-state index >= 15 is 0 Å². The monoisotopic (exact) mass is 312 g/mol. The molecular formula is C17H20N4O2. The van der Waals surface area contributed by atoms with Crippen molar-refractivity contribution in [3.63, 3.8) is 0 Å². The zero-order valence-electron chi connectivity index (χ0n) is 13.1. The smallest absolute Gasteiger partial charge is 0.253 e. The molecule has 0 unspecified atom stereocenters. The minimum absolute atomic E-state index is 0.0423. The van der Waals surface area contributed by atoms with Crippen molar-refractivity contribution < 1.29 is 9.53 Å². The van der Waals surface area contributed by atoms with Gasteiger partial charge < -0.3 is 9.64 Å². The third-order valence-corrected chi connectivity index (χ3v) is 4.53. The van der Waals surface area contributed by atoms with Crippen LogP contribution >= 0.6 is 0 Å². The van der Waals surface area contributed by atoms with Crippen LogP contribution in [-0.2, 0) is 23.1 Å². The van der Waals surface area contributed by atoms with Gasteiger partial charge in [-0.05, 0) is 12.1 Å². The van der Waals surface area contributed by atoms with Gasteiger partial charge in [0, 0.05) is 44.1 Å². The maximum Gasteiger partial charge on any atom is 0.253 e. The Morgan fingerprint density at radius 3 is 2.83 bits per heavy atom. The van der Waals surface area contributed by atoms with Gasteiger partial charge in [0.15, 0.2) is 0 Å². The number of fused-ring (bicyclic) bond motifs is 1. The maximum absolute atomic E-state index is 12.4. The number of rotatable bonds is 3. The average molecular weight is 312 g/mol. The second kappa shape index (κ2) is 5.79. The van der Waals surface area contributed by atoms with Crippen LogP contribution in [0.3, 0.4) is 0 Å². The summed E-state index contributed by atoms with van der Waals surface area (Å²) in [5, 5.41) is 4.22. The summed E-state index contributed by atoms with van der Waals surface area (Å²) in [6.45, 7) is 2.66. The molecule has 0 saturated carbocycles. The molecule has 2 saturated heterocycles. The van der Waals surface area contributed by atoms with Crippen molar-refractivity contribution in [2.45, 2.75) is 18.7 Å². The first-order valence-corrected chi connectivity index (χ1v) is 7.89. The van der Waals surface area contributed by atoms with E-state index in [0.717, 1.165) is 25.3 Å². The largest absolute Gasteiger partial charge is 0.365 e. The molecule has 0 aliphatic carbocycles.